The van der Waals surface area contributed by atoms with Crippen molar-refractivity contribution >= 4 is 0 Å². The lowest BCUT2D eigenvalue weighted by Crippen LogP contribution is -2.57. The molecule has 2 saturated heterocycles. The average molecular weight is 225 g/mol. The van der Waals surface area contributed by atoms with Crippen LogP contribution in [-0.4, -0.2) is 60.6 Å². The summed E-state index contributed by atoms with van der Waals surface area (Å²) in [6, 6.07) is 2.27. The molecule has 2 fully saturated rings. The Balaban J connectivity index is 1.86. The highest BCUT2D eigenvalue weighted by atomic mass is 15.3. The second-order valence-corrected chi connectivity index (χ2v) is 5.66. The van der Waals surface area contributed by atoms with E-state index in [0.717, 1.165) is 12.1 Å². The molecule has 94 valence electrons. The minimum absolute atomic E-state index is 0.699. The van der Waals surface area contributed by atoms with Crippen molar-refractivity contribution in [2.45, 2.75) is 51.7 Å². The summed E-state index contributed by atoms with van der Waals surface area (Å²) in [4.78, 5) is 5.36. The minimum atomic E-state index is 0.699. The standard InChI is InChI=1S/C13H27N3/c1-11(2)16-9-8-15(10-12(16)3)13-4-6-14-7-5-13/h11-14H,4-10H2,1-3H3. The lowest BCUT2D eigenvalue weighted by atomic mass is 10.0. The molecule has 2 aliphatic rings. The van der Waals surface area contributed by atoms with E-state index in [2.05, 4.69) is 35.9 Å². The first-order valence-corrected chi connectivity index (χ1v) is 6.89. The number of hydrogen-bond acceptors (Lipinski definition) is 3. The van der Waals surface area contributed by atoms with Crippen molar-refractivity contribution < 1.29 is 0 Å². The third kappa shape index (κ3) is 2.76. The van der Waals surface area contributed by atoms with Crippen molar-refractivity contribution in [1.29, 1.82) is 0 Å². The largest absolute Gasteiger partial charge is 0.317 e. The quantitative estimate of drug-likeness (QED) is 0.760. The van der Waals surface area contributed by atoms with E-state index in [4.69, 9.17) is 0 Å². The molecule has 1 unspecified atom stereocenters. The summed E-state index contributed by atoms with van der Waals surface area (Å²) in [5.74, 6) is 0. The van der Waals surface area contributed by atoms with Gasteiger partial charge in [0, 0.05) is 37.8 Å². The third-order valence-electron chi connectivity index (χ3n) is 4.20. The van der Waals surface area contributed by atoms with Crippen molar-refractivity contribution in [2.24, 2.45) is 0 Å². The molecule has 0 radical (unpaired) electrons. The Morgan fingerprint density at radius 2 is 1.81 bits per heavy atom. The Hall–Kier alpha value is -0.120. The van der Waals surface area contributed by atoms with Crippen molar-refractivity contribution in [2.75, 3.05) is 32.7 Å². The van der Waals surface area contributed by atoms with E-state index in [1.165, 1.54) is 45.6 Å². The van der Waals surface area contributed by atoms with Gasteiger partial charge in [-0.15, -0.1) is 0 Å². The van der Waals surface area contributed by atoms with Gasteiger partial charge in [0.25, 0.3) is 0 Å². The normalized spacial score (nSPS) is 31.1. The third-order valence-corrected chi connectivity index (χ3v) is 4.20. The Labute approximate surface area is 100 Å². The van der Waals surface area contributed by atoms with Gasteiger partial charge < -0.3 is 5.32 Å². The molecule has 16 heavy (non-hydrogen) atoms. The van der Waals surface area contributed by atoms with Crippen LogP contribution in [-0.2, 0) is 0 Å². The Bertz CT molecular complexity index is 211. The Morgan fingerprint density at radius 1 is 1.12 bits per heavy atom. The Morgan fingerprint density at radius 3 is 2.38 bits per heavy atom. The molecular formula is C13H27N3. The highest BCUT2D eigenvalue weighted by molar-refractivity contribution is 4.86. The fraction of sp³-hybridized carbons (Fsp3) is 1.00. The van der Waals surface area contributed by atoms with Gasteiger partial charge in [-0.1, -0.05) is 0 Å². The van der Waals surface area contributed by atoms with Crippen molar-refractivity contribution in [3.63, 3.8) is 0 Å². The van der Waals surface area contributed by atoms with E-state index >= 15 is 0 Å². The van der Waals surface area contributed by atoms with Crippen LogP contribution in [0.5, 0.6) is 0 Å². The molecule has 1 N–H and O–H groups in total. The molecule has 0 aromatic rings. The molecule has 3 nitrogen and oxygen atoms in total. The predicted octanol–water partition coefficient (Wildman–Crippen LogP) is 1.15. The second kappa shape index (κ2) is 5.48. The summed E-state index contributed by atoms with van der Waals surface area (Å²) in [5, 5.41) is 3.45. The second-order valence-electron chi connectivity index (χ2n) is 5.66. The summed E-state index contributed by atoms with van der Waals surface area (Å²) in [5.41, 5.74) is 0. The first-order valence-electron chi connectivity index (χ1n) is 6.89. The fourth-order valence-electron chi connectivity index (χ4n) is 3.27. The lowest BCUT2D eigenvalue weighted by molar-refractivity contribution is 0.0289. The molecular weight excluding hydrogens is 198 g/mol. The molecule has 0 spiro atoms. The van der Waals surface area contributed by atoms with Gasteiger partial charge in [-0.2, -0.15) is 0 Å². The number of nitrogens with one attached hydrogen (secondary N) is 1. The van der Waals surface area contributed by atoms with E-state index in [1.807, 2.05) is 0 Å². The van der Waals surface area contributed by atoms with Crippen molar-refractivity contribution in [3.05, 3.63) is 0 Å². The molecule has 1 atom stereocenters. The van der Waals surface area contributed by atoms with Gasteiger partial charge in [0.2, 0.25) is 0 Å². The molecule has 2 rings (SSSR count). The van der Waals surface area contributed by atoms with Gasteiger partial charge in [0.1, 0.15) is 0 Å². The van der Waals surface area contributed by atoms with Gasteiger partial charge in [-0.3, -0.25) is 9.80 Å². The van der Waals surface area contributed by atoms with E-state index in [1.54, 1.807) is 0 Å². The first kappa shape index (κ1) is 12.3. The van der Waals surface area contributed by atoms with Gasteiger partial charge >= 0.3 is 0 Å². The summed E-state index contributed by atoms with van der Waals surface area (Å²) in [6.45, 7) is 13.2. The molecule has 3 heteroatoms. The first-order chi connectivity index (χ1) is 7.68. The number of piperidine rings is 1. The van der Waals surface area contributed by atoms with E-state index in [0.29, 0.717) is 6.04 Å². The number of piperazine rings is 1. The molecule has 0 amide bonds. The van der Waals surface area contributed by atoms with Crippen LogP contribution in [0.25, 0.3) is 0 Å². The maximum Gasteiger partial charge on any atom is 0.0198 e. The van der Waals surface area contributed by atoms with Crippen LogP contribution in [0.3, 0.4) is 0 Å². The van der Waals surface area contributed by atoms with Crippen LogP contribution >= 0.6 is 0 Å². The summed E-state index contributed by atoms with van der Waals surface area (Å²) < 4.78 is 0. The van der Waals surface area contributed by atoms with Crippen LogP contribution in [0.2, 0.25) is 0 Å². The molecule has 0 aromatic carbocycles. The Kier molecular flexibility index (Phi) is 4.22. The van der Waals surface area contributed by atoms with Crippen molar-refractivity contribution in [1.82, 2.24) is 15.1 Å². The highest BCUT2D eigenvalue weighted by Crippen LogP contribution is 2.19. The van der Waals surface area contributed by atoms with Gasteiger partial charge in [-0.05, 0) is 46.7 Å². The van der Waals surface area contributed by atoms with Crippen LogP contribution in [0.4, 0.5) is 0 Å². The smallest absolute Gasteiger partial charge is 0.0198 e. The van der Waals surface area contributed by atoms with Gasteiger partial charge in [-0.25, -0.2) is 0 Å². The number of rotatable bonds is 2. The van der Waals surface area contributed by atoms with Crippen LogP contribution in [0.1, 0.15) is 33.6 Å². The van der Waals surface area contributed by atoms with E-state index < -0.39 is 0 Å². The summed E-state index contributed by atoms with van der Waals surface area (Å²) in [6.07, 6.45) is 2.68. The van der Waals surface area contributed by atoms with Crippen LogP contribution in [0, 0.1) is 0 Å². The molecule has 0 bridgehead atoms. The zero-order valence-electron chi connectivity index (χ0n) is 11.1. The molecule has 2 aliphatic heterocycles. The average Bonchev–Trinajstić information content (AvgIpc) is 2.29. The van der Waals surface area contributed by atoms with Gasteiger partial charge in [0.15, 0.2) is 0 Å². The van der Waals surface area contributed by atoms with E-state index in [9.17, 15) is 0 Å². The monoisotopic (exact) mass is 225 g/mol. The zero-order valence-corrected chi connectivity index (χ0v) is 11.1. The summed E-state index contributed by atoms with van der Waals surface area (Å²) >= 11 is 0. The highest BCUT2D eigenvalue weighted by Gasteiger charge is 2.29. The van der Waals surface area contributed by atoms with Crippen LogP contribution < -0.4 is 5.32 Å². The zero-order chi connectivity index (χ0) is 11.5. The molecule has 0 aromatic heterocycles. The SMILES string of the molecule is CC(C)N1CCN(C2CCNCC2)CC1C. The predicted molar refractivity (Wildman–Crippen MR) is 68.8 cm³/mol. The molecule has 0 saturated carbocycles. The summed E-state index contributed by atoms with van der Waals surface area (Å²) in [7, 11) is 0. The van der Waals surface area contributed by atoms with Crippen molar-refractivity contribution in [3.8, 4) is 0 Å². The fourth-order valence-corrected chi connectivity index (χ4v) is 3.27. The van der Waals surface area contributed by atoms with E-state index in [-0.39, 0.29) is 0 Å². The minimum Gasteiger partial charge on any atom is -0.317 e. The maximum absolute atomic E-state index is 3.45. The topological polar surface area (TPSA) is 18.5 Å². The maximum atomic E-state index is 3.45. The van der Waals surface area contributed by atoms with Crippen LogP contribution in [0.15, 0.2) is 0 Å². The molecule has 0 aliphatic carbocycles. The van der Waals surface area contributed by atoms with Gasteiger partial charge in [0.05, 0.1) is 0 Å². The lowest BCUT2D eigenvalue weighted by Gasteiger charge is -2.45. The number of nitrogens with zero attached hydrogens (tertiary/aromatic N) is 2. The number of hydrogen-bond donors (Lipinski definition) is 1. The molecule has 2 heterocycles.